The number of likely N-dealkylation sites (N-methyl/N-ethyl adjacent to an activating group) is 1. The number of rotatable bonds is 5. The Morgan fingerprint density at radius 2 is 2.28 bits per heavy atom. The van der Waals surface area contributed by atoms with Gasteiger partial charge < -0.3 is 5.32 Å². The molecule has 0 spiro atoms. The van der Waals surface area contributed by atoms with Gasteiger partial charge in [0.2, 0.25) is 0 Å². The number of nitrogens with one attached hydrogen (secondary N) is 1. The van der Waals surface area contributed by atoms with Gasteiger partial charge in [-0.05, 0) is 50.0 Å². The lowest BCUT2D eigenvalue weighted by Crippen LogP contribution is -2.37. The lowest BCUT2D eigenvalue weighted by Gasteiger charge is -2.23. The number of hydrogen-bond acceptors (Lipinski definition) is 2. The molecule has 0 aliphatic carbocycles. The van der Waals surface area contributed by atoms with Crippen molar-refractivity contribution in [3.63, 3.8) is 0 Å². The molecule has 1 aromatic carbocycles. The van der Waals surface area contributed by atoms with Crippen molar-refractivity contribution in [2.24, 2.45) is 0 Å². The summed E-state index contributed by atoms with van der Waals surface area (Å²) in [5.74, 6) is 0. The molecule has 0 amide bonds. The van der Waals surface area contributed by atoms with Crippen LogP contribution in [0.4, 0.5) is 0 Å². The third-order valence-electron chi connectivity index (χ3n) is 3.81. The molecule has 1 fully saturated rings. The molecule has 1 unspecified atom stereocenters. The zero-order valence-electron chi connectivity index (χ0n) is 11.4. The molecule has 1 aromatic rings. The van der Waals surface area contributed by atoms with Crippen LogP contribution in [0.15, 0.2) is 18.2 Å². The molecular weight excluding hydrogens is 244 g/mol. The molecule has 1 aliphatic heterocycles. The molecule has 3 heteroatoms. The summed E-state index contributed by atoms with van der Waals surface area (Å²) in [5.41, 5.74) is 2.42. The molecule has 0 aromatic heterocycles. The van der Waals surface area contributed by atoms with Gasteiger partial charge >= 0.3 is 0 Å². The van der Waals surface area contributed by atoms with E-state index < -0.39 is 0 Å². The van der Waals surface area contributed by atoms with Crippen molar-refractivity contribution < 1.29 is 0 Å². The topological polar surface area (TPSA) is 15.3 Å². The van der Waals surface area contributed by atoms with E-state index in [2.05, 4.69) is 36.2 Å². The van der Waals surface area contributed by atoms with Gasteiger partial charge in [0, 0.05) is 24.2 Å². The van der Waals surface area contributed by atoms with Gasteiger partial charge in [0.25, 0.3) is 0 Å². The smallest absolute Gasteiger partial charge is 0.0453 e. The highest BCUT2D eigenvalue weighted by Gasteiger charge is 2.22. The molecule has 1 saturated heterocycles. The quantitative estimate of drug-likeness (QED) is 0.880. The second kappa shape index (κ2) is 6.55. The van der Waals surface area contributed by atoms with Crippen molar-refractivity contribution in [3.05, 3.63) is 34.3 Å². The average molecular weight is 267 g/mol. The third kappa shape index (κ3) is 3.47. The number of likely N-dealkylation sites (tertiary alicyclic amines) is 1. The Morgan fingerprint density at radius 3 is 3.00 bits per heavy atom. The first-order valence-corrected chi connectivity index (χ1v) is 7.28. The van der Waals surface area contributed by atoms with E-state index in [4.69, 9.17) is 11.6 Å². The Balaban J connectivity index is 1.81. The standard InChI is InChI=1S/C15H23ClN2/c1-3-18-8-4-5-14(18)11-17-10-13-7-6-12(2)9-15(13)16/h6-7,9,14,17H,3-5,8,10-11H2,1-2H3. The molecule has 2 nitrogen and oxygen atoms in total. The van der Waals surface area contributed by atoms with Gasteiger partial charge in [-0.3, -0.25) is 4.90 Å². The maximum absolute atomic E-state index is 6.23. The lowest BCUT2D eigenvalue weighted by atomic mass is 10.1. The van der Waals surface area contributed by atoms with Gasteiger partial charge in [-0.25, -0.2) is 0 Å². The summed E-state index contributed by atoms with van der Waals surface area (Å²) in [6.45, 7) is 8.67. The van der Waals surface area contributed by atoms with Gasteiger partial charge in [0.15, 0.2) is 0 Å². The Labute approximate surface area is 115 Å². The van der Waals surface area contributed by atoms with Crippen LogP contribution < -0.4 is 5.32 Å². The van der Waals surface area contributed by atoms with Crippen LogP contribution in [0.3, 0.4) is 0 Å². The van der Waals surface area contributed by atoms with Gasteiger partial charge in [-0.2, -0.15) is 0 Å². The number of benzene rings is 1. The Morgan fingerprint density at radius 1 is 1.44 bits per heavy atom. The molecule has 0 radical (unpaired) electrons. The van der Waals surface area contributed by atoms with Crippen LogP contribution in [0.2, 0.25) is 5.02 Å². The lowest BCUT2D eigenvalue weighted by molar-refractivity contribution is 0.260. The summed E-state index contributed by atoms with van der Waals surface area (Å²) in [7, 11) is 0. The van der Waals surface area contributed by atoms with E-state index in [9.17, 15) is 0 Å². The zero-order valence-corrected chi connectivity index (χ0v) is 12.1. The summed E-state index contributed by atoms with van der Waals surface area (Å²) in [5, 5.41) is 4.42. The summed E-state index contributed by atoms with van der Waals surface area (Å²) >= 11 is 6.23. The fraction of sp³-hybridized carbons (Fsp3) is 0.600. The van der Waals surface area contributed by atoms with Crippen molar-refractivity contribution >= 4 is 11.6 Å². The number of hydrogen-bond donors (Lipinski definition) is 1. The first-order chi connectivity index (χ1) is 8.70. The largest absolute Gasteiger partial charge is 0.311 e. The summed E-state index contributed by atoms with van der Waals surface area (Å²) in [6, 6.07) is 6.99. The first-order valence-electron chi connectivity index (χ1n) is 6.90. The van der Waals surface area contributed by atoms with Crippen LogP contribution in [-0.2, 0) is 6.54 Å². The molecule has 1 heterocycles. The second-order valence-electron chi connectivity index (χ2n) is 5.15. The van der Waals surface area contributed by atoms with Crippen LogP contribution in [0.25, 0.3) is 0 Å². The second-order valence-corrected chi connectivity index (χ2v) is 5.56. The molecule has 2 rings (SSSR count). The fourth-order valence-corrected chi connectivity index (χ4v) is 3.01. The Hall–Kier alpha value is -0.570. The van der Waals surface area contributed by atoms with Gasteiger partial charge in [0.1, 0.15) is 0 Å². The van der Waals surface area contributed by atoms with E-state index in [0.717, 1.165) is 24.7 Å². The minimum Gasteiger partial charge on any atom is -0.311 e. The minimum absolute atomic E-state index is 0.708. The minimum atomic E-state index is 0.708. The number of halogens is 1. The average Bonchev–Trinajstić information content (AvgIpc) is 2.79. The molecule has 1 aliphatic rings. The maximum atomic E-state index is 6.23. The van der Waals surface area contributed by atoms with Crippen LogP contribution in [-0.4, -0.2) is 30.6 Å². The van der Waals surface area contributed by atoms with Crippen LogP contribution in [0, 0.1) is 6.92 Å². The molecule has 18 heavy (non-hydrogen) atoms. The summed E-state index contributed by atoms with van der Waals surface area (Å²) in [6.07, 6.45) is 2.66. The fourth-order valence-electron chi connectivity index (χ4n) is 2.71. The first kappa shape index (κ1) is 13.9. The highest BCUT2D eigenvalue weighted by Crippen LogP contribution is 2.18. The molecule has 1 N–H and O–H groups in total. The Kier molecular flexibility index (Phi) is 5.04. The zero-order chi connectivity index (χ0) is 13.0. The predicted molar refractivity (Wildman–Crippen MR) is 78.2 cm³/mol. The van der Waals surface area contributed by atoms with Gasteiger partial charge in [-0.15, -0.1) is 0 Å². The van der Waals surface area contributed by atoms with E-state index in [1.54, 1.807) is 0 Å². The van der Waals surface area contributed by atoms with Crippen LogP contribution in [0.5, 0.6) is 0 Å². The van der Waals surface area contributed by atoms with E-state index >= 15 is 0 Å². The highest BCUT2D eigenvalue weighted by atomic mass is 35.5. The van der Waals surface area contributed by atoms with Crippen LogP contribution in [0.1, 0.15) is 30.9 Å². The van der Waals surface area contributed by atoms with E-state index in [0.29, 0.717) is 6.04 Å². The van der Waals surface area contributed by atoms with Gasteiger partial charge in [0.05, 0.1) is 0 Å². The van der Waals surface area contributed by atoms with Gasteiger partial charge in [-0.1, -0.05) is 30.7 Å². The number of nitrogens with zero attached hydrogens (tertiary/aromatic N) is 1. The highest BCUT2D eigenvalue weighted by molar-refractivity contribution is 6.31. The maximum Gasteiger partial charge on any atom is 0.0453 e. The normalized spacial score (nSPS) is 20.5. The van der Waals surface area contributed by atoms with Crippen LogP contribution >= 0.6 is 11.6 Å². The SMILES string of the molecule is CCN1CCCC1CNCc1ccc(C)cc1Cl. The van der Waals surface area contributed by atoms with E-state index in [1.807, 2.05) is 6.07 Å². The van der Waals surface area contributed by atoms with E-state index in [1.165, 1.54) is 30.5 Å². The number of aryl methyl sites for hydroxylation is 1. The van der Waals surface area contributed by atoms with E-state index in [-0.39, 0.29) is 0 Å². The van der Waals surface area contributed by atoms with Crippen molar-refractivity contribution in [2.45, 2.75) is 39.3 Å². The molecule has 0 bridgehead atoms. The van der Waals surface area contributed by atoms with Crippen molar-refractivity contribution in [1.82, 2.24) is 10.2 Å². The molecule has 0 saturated carbocycles. The predicted octanol–water partition coefficient (Wildman–Crippen LogP) is 3.22. The Bertz CT molecular complexity index is 392. The van der Waals surface area contributed by atoms with Crippen molar-refractivity contribution in [3.8, 4) is 0 Å². The summed E-state index contributed by atoms with van der Waals surface area (Å²) in [4.78, 5) is 2.56. The third-order valence-corrected chi connectivity index (χ3v) is 4.16. The molecule has 100 valence electrons. The van der Waals surface area contributed by atoms with Crippen molar-refractivity contribution in [2.75, 3.05) is 19.6 Å². The summed E-state index contributed by atoms with van der Waals surface area (Å²) < 4.78 is 0. The molecular formula is C15H23ClN2. The molecule has 1 atom stereocenters. The van der Waals surface area contributed by atoms with Crippen molar-refractivity contribution in [1.29, 1.82) is 0 Å². The monoisotopic (exact) mass is 266 g/mol.